The Morgan fingerprint density at radius 1 is 0.923 bits per heavy atom. The summed E-state index contributed by atoms with van der Waals surface area (Å²) in [5.41, 5.74) is 3.29. The monoisotopic (exact) mass is 366 g/mol. The third-order valence-corrected chi connectivity index (χ3v) is 4.92. The first-order chi connectivity index (χ1) is 12.5. The molecule has 2 aromatic carbocycles. The van der Waals surface area contributed by atoms with Crippen LogP contribution in [0.5, 0.6) is 0 Å². The standard InChI is InChI=1S/C20H18N2O3S/c1-12-8-10-14(11-9-12)16-13(2)26-18(17(16)19(23)24)22-20(25)21-15-6-4-3-5-7-15/h3-11H,1-2H3,(H,23,24)(H2,21,22,25). The minimum atomic E-state index is -1.07. The highest BCUT2D eigenvalue weighted by Gasteiger charge is 2.24. The Labute approximate surface area is 155 Å². The second kappa shape index (κ2) is 7.41. The van der Waals surface area contributed by atoms with Gasteiger partial charge < -0.3 is 10.4 Å². The zero-order valence-electron chi connectivity index (χ0n) is 14.4. The molecule has 2 amide bonds. The van der Waals surface area contributed by atoms with Crippen molar-refractivity contribution in [2.75, 3.05) is 10.6 Å². The van der Waals surface area contributed by atoms with E-state index in [1.54, 1.807) is 12.1 Å². The number of nitrogens with one attached hydrogen (secondary N) is 2. The molecule has 0 bridgehead atoms. The number of carboxylic acids is 1. The quantitative estimate of drug-likeness (QED) is 0.580. The molecule has 132 valence electrons. The number of benzene rings is 2. The number of aryl methyl sites for hydroxylation is 2. The fourth-order valence-corrected chi connectivity index (χ4v) is 3.75. The van der Waals surface area contributed by atoms with Crippen molar-refractivity contribution in [2.45, 2.75) is 13.8 Å². The number of hydrogen-bond donors (Lipinski definition) is 3. The van der Waals surface area contributed by atoms with E-state index < -0.39 is 12.0 Å². The molecule has 6 heteroatoms. The molecule has 0 radical (unpaired) electrons. The minimum absolute atomic E-state index is 0.111. The summed E-state index contributed by atoms with van der Waals surface area (Å²) in [6.07, 6.45) is 0. The number of urea groups is 1. The van der Waals surface area contributed by atoms with Gasteiger partial charge in [0.1, 0.15) is 10.6 Å². The van der Waals surface area contributed by atoms with Gasteiger partial charge in [0.15, 0.2) is 0 Å². The summed E-state index contributed by atoms with van der Waals surface area (Å²) in [7, 11) is 0. The molecule has 0 aliphatic heterocycles. The van der Waals surface area contributed by atoms with E-state index in [9.17, 15) is 14.7 Å². The van der Waals surface area contributed by atoms with Gasteiger partial charge in [-0.2, -0.15) is 0 Å². The van der Waals surface area contributed by atoms with Crippen molar-refractivity contribution >= 4 is 34.0 Å². The van der Waals surface area contributed by atoms with Crippen molar-refractivity contribution in [3.05, 3.63) is 70.6 Å². The molecule has 1 aromatic heterocycles. The Balaban J connectivity index is 1.93. The van der Waals surface area contributed by atoms with Crippen LogP contribution in [-0.4, -0.2) is 17.1 Å². The fraction of sp³-hybridized carbons (Fsp3) is 0.100. The molecule has 5 nitrogen and oxygen atoms in total. The van der Waals surface area contributed by atoms with Gasteiger partial charge in [0, 0.05) is 16.1 Å². The highest BCUT2D eigenvalue weighted by molar-refractivity contribution is 7.17. The largest absolute Gasteiger partial charge is 0.478 e. The van der Waals surface area contributed by atoms with Crippen LogP contribution in [-0.2, 0) is 0 Å². The van der Waals surface area contributed by atoms with Gasteiger partial charge in [0.25, 0.3) is 0 Å². The number of hydrogen-bond acceptors (Lipinski definition) is 3. The SMILES string of the molecule is Cc1ccc(-c2c(C)sc(NC(=O)Nc3ccccc3)c2C(=O)O)cc1. The van der Waals surface area contributed by atoms with E-state index >= 15 is 0 Å². The van der Waals surface area contributed by atoms with Crippen LogP contribution >= 0.6 is 11.3 Å². The maximum absolute atomic E-state index is 12.2. The van der Waals surface area contributed by atoms with Crippen LogP contribution in [0.3, 0.4) is 0 Å². The van der Waals surface area contributed by atoms with Gasteiger partial charge in [-0.15, -0.1) is 11.3 Å². The van der Waals surface area contributed by atoms with E-state index in [0.717, 1.165) is 16.0 Å². The van der Waals surface area contributed by atoms with Crippen LogP contribution in [0.4, 0.5) is 15.5 Å². The number of rotatable bonds is 4. The maximum atomic E-state index is 12.2. The Morgan fingerprint density at radius 3 is 2.19 bits per heavy atom. The van der Waals surface area contributed by atoms with Crippen molar-refractivity contribution in [1.82, 2.24) is 0 Å². The average molecular weight is 366 g/mol. The average Bonchev–Trinajstić information content (AvgIpc) is 2.92. The molecule has 0 saturated carbocycles. The molecular weight excluding hydrogens is 348 g/mol. The third kappa shape index (κ3) is 3.75. The summed E-state index contributed by atoms with van der Waals surface area (Å²) >= 11 is 1.25. The van der Waals surface area contributed by atoms with Crippen molar-refractivity contribution in [3.8, 4) is 11.1 Å². The molecule has 0 spiro atoms. The van der Waals surface area contributed by atoms with E-state index in [0.29, 0.717) is 16.3 Å². The molecular formula is C20H18N2O3S. The number of carbonyl (C=O) groups is 2. The molecule has 0 aliphatic rings. The van der Waals surface area contributed by atoms with Crippen molar-refractivity contribution in [3.63, 3.8) is 0 Å². The summed E-state index contributed by atoms with van der Waals surface area (Å²) in [6.45, 7) is 3.83. The van der Waals surface area contributed by atoms with Gasteiger partial charge in [0.05, 0.1) is 0 Å². The fourth-order valence-electron chi connectivity index (χ4n) is 2.69. The molecule has 3 aromatic rings. The van der Waals surface area contributed by atoms with Gasteiger partial charge in [0.2, 0.25) is 0 Å². The zero-order chi connectivity index (χ0) is 18.7. The van der Waals surface area contributed by atoms with Crippen LogP contribution in [0.2, 0.25) is 0 Å². The Morgan fingerprint density at radius 2 is 1.58 bits per heavy atom. The lowest BCUT2D eigenvalue weighted by atomic mass is 10.0. The molecule has 26 heavy (non-hydrogen) atoms. The summed E-state index contributed by atoms with van der Waals surface area (Å²) < 4.78 is 0. The van der Waals surface area contributed by atoms with Crippen molar-refractivity contribution in [2.24, 2.45) is 0 Å². The Kier molecular flexibility index (Phi) is 5.04. The molecule has 0 atom stereocenters. The van der Waals surface area contributed by atoms with Crippen LogP contribution in [0.15, 0.2) is 54.6 Å². The Hall–Kier alpha value is -3.12. The van der Waals surface area contributed by atoms with E-state index in [1.165, 1.54) is 11.3 Å². The van der Waals surface area contributed by atoms with E-state index in [2.05, 4.69) is 10.6 Å². The predicted molar refractivity (Wildman–Crippen MR) is 105 cm³/mol. The second-order valence-electron chi connectivity index (χ2n) is 5.85. The number of aromatic carboxylic acids is 1. The normalized spacial score (nSPS) is 10.4. The number of anilines is 2. The summed E-state index contributed by atoms with van der Waals surface area (Å²) in [4.78, 5) is 25.0. The van der Waals surface area contributed by atoms with Crippen molar-refractivity contribution < 1.29 is 14.7 Å². The number of thiophene rings is 1. The van der Waals surface area contributed by atoms with Gasteiger partial charge in [-0.1, -0.05) is 48.0 Å². The first kappa shape index (κ1) is 17.7. The van der Waals surface area contributed by atoms with Crippen LogP contribution < -0.4 is 10.6 Å². The number of carboxylic acid groups (broad SMARTS) is 1. The lowest BCUT2D eigenvalue weighted by Gasteiger charge is -2.08. The molecule has 0 aliphatic carbocycles. The van der Waals surface area contributed by atoms with Gasteiger partial charge in [-0.3, -0.25) is 5.32 Å². The zero-order valence-corrected chi connectivity index (χ0v) is 15.2. The number of amides is 2. The molecule has 3 rings (SSSR count). The van der Waals surface area contributed by atoms with Gasteiger partial charge >= 0.3 is 12.0 Å². The van der Waals surface area contributed by atoms with Gasteiger partial charge in [-0.05, 0) is 31.5 Å². The minimum Gasteiger partial charge on any atom is -0.478 e. The lowest BCUT2D eigenvalue weighted by molar-refractivity contribution is 0.0699. The third-order valence-electron chi connectivity index (χ3n) is 3.90. The second-order valence-corrected chi connectivity index (χ2v) is 7.08. The van der Waals surface area contributed by atoms with E-state index in [-0.39, 0.29) is 5.56 Å². The first-order valence-electron chi connectivity index (χ1n) is 8.02. The highest BCUT2D eigenvalue weighted by atomic mass is 32.1. The molecule has 0 fully saturated rings. The van der Waals surface area contributed by atoms with E-state index in [4.69, 9.17) is 0 Å². The van der Waals surface area contributed by atoms with Crippen LogP contribution in [0.1, 0.15) is 20.8 Å². The lowest BCUT2D eigenvalue weighted by Crippen LogP contribution is -2.20. The topological polar surface area (TPSA) is 78.4 Å². The highest BCUT2D eigenvalue weighted by Crippen LogP contribution is 2.40. The first-order valence-corrected chi connectivity index (χ1v) is 8.84. The summed E-state index contributed by atoms with van der Waals surface area (Å²) in [5, 5.41) is 15.4. The van der Waals surface area contributed by atoms with Crippen LogP contribution in [0.25, 0.3) is 11.1 Å². The smallest absolute Gasteiger partial charge is 0.339 e. The Bertz CT molecular complexity index is 947. The molecule has 0 saturated heterocycles. The number of para-hydroxylation sites is 1. The van der Waals surface area contributed by atoms with Crippen LogP contribution in [0, 0.1) is 13.8 Å². The molecule has 0 unspecified atom stereocenters. The maximum Gasteiger partial charge on any atom is 0.339 e. The van der Waals surface area contributed by atoms with Gasteiger partial charge in [-0.25, -0.2) is 9.59 Å². The number of carbonyl (C=O) groups excluding carboxylic acids is 1. The molecule has 1 heterocycles. The summed E-state index contributed by atoms with van der Waals surface area (Å²) in [5.74, 6) is -1.07. The van der Waals surface area contributed by atoms with E-state index in [1.807, 2.05) is 56.3 Å². The summed E-state index contributed by atoms with van der Waals surface area (Å²) in [6, 6.07) is 16.2. The molecule has 3 N–H and O–H groups in total. The predicted octanol–water partition coefficient (Wildman–Crippen LogP) is 5.37. The van der Waals surface area contributed by atoms with Crippen molar-refractivity contribution in [1.29, 1.82) is 0 Å².